The molecule has 5 heteroatoms. The van der Waals surface area contributed by atoms with E-state index in [9.17, 15) is 9.59 Å². The Balaban J connectivity index is 1.71. The topological polar surface area (TPSA) is 67.4 Å². The fourth-order valence-corrected chi connectivity index (χ4v) is 2.73. The number of rotatable bonds is 6. The van der Waals surface area contributed by atoms with Gasteiger partial charge in [0.15, 0.2) is 0 Å². The molecule has 0 aromatic heterocycles. The second-order valence-electron chi connectivity index (χ2n) is 6.27. The third-order valence-electron chi connectivity index (χ3n) is 4.33. The maximum Gasteiger partial charge on any atom is 0.255 e. The minimum Gasteiger partial charge on any atom is -0.497 e. The number of carbonyl (C=O) groups excluding carboxylic acids is 2. The minimum absolute atomic E-state index is 0.264. The normalized spacial score (nSPS) is 10.2. The Kier molecular flexibility index (Phi) is 6.07. The van der Waals surface area contributed by atoms with Crippen LogP contribution in [0.25, 0.3) is 0 Å². The maximum atomic E-state index is 12.5. The molecule has 0 aliphatic carbocycles. The molecule has 0 aliphatic heterocycles. The van der Waals surface area contributed by atoms with Crippen LogP contribution in [0.3, 0.4) is 0 Å². The van der Waals surface area contributed by atoms with Crippen molar-refractivity contribution in [2.24, 2.45) is 0 Å². The lowest BCUT2D eigenvalue weighted by atomic mass is 10.1. The molecule has 0 bridgehead atoms. The molecule has 28 heavy (non-hydrogen) atoms. The van der Waals surface area contributed by atoms with Crippen molar-refractivity contribution < 1.29 is 14.3 Å². The summed E-state index contributed by atoms with van der Waals surface area (Å²) in [5.41, 5.74) is 3.35. The van der Waals surface area contributed by atoms with Gasteiger partial charge in [0.05, 0.1) is 7.11 Å². The molecule has 3 rings (SSSR count). The molecule has 0 atom stereocenters. The summed E-state index contributed by atoms with van der Waals surface area (Å²) < 4.78 is 5.16. The first kappa shape index (κ1) is 19.2. The highest BCUT2D eigenvalue weighted by Crippen LogP contribution is 2.18. The van der Waals surface area contributed by atoms with Crippen molar-refractivity contribution in [3.63, 3.8) is 0 Å². The minimum atomic E-state index is -0.296. The van der Waals surface area contributed by atoms with Gasteiger partial charge in [0.25, 0.3) is 11.8 Å². The van der Waals surface area contributed by atoms with E-state index in [1.54, 1.807) is 55.6 Å². The van der Waals surface area contributed by atoms with Crippen molar-refractivity contribution in [3.8, 4) is 5.75 Å². The number of benzene rings is 3. The summed E-state index contributed by atoms with van der Waals surface area (Å²) in [6.07, 6.45) is 0.943. The molecule has 0 unspecified atom stereocenters. The Bertz CT molecular complexity index is 981. The Morgan fingerprint density at radius 2 is 1.39 bits per heavy atom. The highest BCUT2D eigenvalue weighted by Gasteiger charge is 2.11. The standard InChI is InChI=1S/C23H22N2O3/c1-3-16-10-12-19(13-11-16)24-22(26)17-6-4-7-18(14-17)23(27)25-20-8-5-9-21(15-20)28-2/h4-15H,3H2,1-2H3,(H,24,26)(H,25,27). The first-order valence-electron chi connectivity index (χ1n) is 9.05. The molecule has 0 heterocycles. The Morgan fingerprint density at radius 1 is 0.786 bits per heavy atom. The van der Waals surface area contributed by atoms with Crippen LogP contribution in [-0.2, 0) is 6.42 Å². The third-order valence-corrected chi connectivity index (χ3v) is 4.33. The van der Waals surface area contributed by atoms with Gasteiger partial charge in [-0.3, -0.25) is 9.59 Å². The lowest BCUT2D eigenvalue weighted by molar-refractivity contribution is 0.102. The predicted molar refractivity (Wildman–Crippen MR) is 111 cm³/mol. The van der Waals surface area contributed by atoms with Gasteiger partial charge in [0.2, 0.25) is 0 Å². The monoisotopic (exact) mass is 374 g/mol. The summed E-state index contributed by atoms with van der Waals surface area (Å²) in [6.45, 7) is 2.08. The van der Waals surface area contributed by atoms with Crippen molar-refractivity contribution in [3.05, 3.63) is 89.5 Å². The van der Waals surface area contributed by atoms with Gasteiger partial charge in [-0.05, 0) is 54.4 Å². The number of aryl methyl sites for hydroxylation is 1. The fourth-order valence-electron chi connectivity index (χ4n) is 2.73. The largest absolute Gasteiger partial charge is 0.497 e. The highest BCUT2D eigenvalue weighted by atomic mass is 16.5. The van der Waals surface area contributed by atoms with Crippen LogP contribution in [0.1, 0.15) is 33.2 Å². The Morgan fingerprint density at radius 3 is 2.00 bits per heavy atom. The lowest BCUT2D eigenvalue weighted by Crippen LogP contribution is -2.15. The molecule has 3 aromatic rings. The van der Waals surface area contributed by atoms with Crippen LogP contribution in [0.4, 0.5) is 11.4 Å². The SMILES string of the molecule is CCc1ccc(NC(=O)c2cccc(C(=O)Nc3cccc(OC)c3)c2)cc1. The van der Waals surface area contributed by atoms with Gasteiger partial charge < -0.3 is 15.4 Å². The molecular formula is C23H22N2O3. The molecule has 142 valence electrons. The number of amides is 2. The third kappa shape index (κ3) is 4.76. The quantitative estimate of drug-likeness (QED) is 0.653. The van der Waals surface area contributed by atoms with Gasteiger partial charge >= 0.3 is 0 Å². The van der Waals surface area contributed by atoms with E-state index in [4.69, 9.17) is 4.74 Å². The number of anilines is 2. The van der Waals surface area contributed by atoms with E-state index in [0.29, 0.717) is 28.3 Å². The van der Waals surface area contributed by atoms with E-state index in [1.807, 2.05) is 24.3 Å². The molecule has 2 amide bonds. The Labute approximate surface area is 164 Å². The Hall–Kier alpha value is -3.60. The van der Waals surface area contributed by atoms with Crippen molar-refractivity contribution in [1.29, 1.82) is 0 Å². The second-order valence-corrected chi connectivity index (χ2v) is 6.27. The van der Waals surface area contributed by atoms with Crippen molar-refractivity contribution in [2.75, 3.05) is 17.7 Å². The summed E-state index contributed by atoms with van der Waals surface area (Å²) in [4.78, 5) is 25.1. The first-order chi connectivity index (χ1) is 13.6. The van der Waals surface area contributed by atoms with Crippen LogP contribution < -0.4 is 15.4 Å². The molecule has 0 aliphatic rings. The number of methoxy groups -OCH3 is 1. The number of nitrogens with one attached hydrogen (secondary N) is 2. The van der Waals surface area contributed by atoms with Crippen LogP contribution >= 0.6 is 0 Å². The summed E-state index contributed by atoms with van der Waals surface area (Å²) in [5, 5.41) is 5.66. The van der Waals surface area contributed by atoms with Crippen LogP contribution in [0.15, 0.2) is 72.8 Å². The average Bonchev–Trinajstić information content (AvgIpc) is 2.74. The van der Waals surface area contributed by atoms with Gasteiger partial charge in [-0.25, -0.2) is 0 Å². The number of ether oxygens (including phenoxy) is 1. The zero-order chi connectivity index (χ0) is 19.9. The first-order valence-corrected chi connectivity index (χ1v) is 9.05. The zero-order valence-corrected chi connectivity index (χ0v) is 15.9. The van der Waals surface area contributed by atoms with Crippen LogP contribution in [0, 0.1) is 0 Å². The highest BCUT2D eigenvalue weighted by molar-refractivity contribution is 6.08. The number of hydrogen-bond acceptors (Lipinski definition) is 3. The van der Waals surface area contributed by atoms with E-state index in [1.165, 1.54) is 5.56 Å². The predicted octanol–water partition coefficient (Wildman–Crippen LogP) is 4.76. The van der Waals surface area contributed by atoms with E-state index >= 15 is 0 Å². The maximum absolute atomic E-state index is 12.5. The zero-order valence-electron chi connectivity index (χ0n) is 15.9. The van der Waals surface area contributed by atoms with E-state index in [0.717, 1.165) is 6.42 Å². The number of hydrogen-bond donors (Lipinski definition) is 2. The van der Waals surface area contributed by atoms with Gasteiger partial charge in [-0.2, -0.15) is 0 Å². The lowest BCUT2D eigenvalue weighted by Gasteiger charge is -2.09. The van der Waals surface area contributed by atoms with E-state index in [-0.39, 0.29) is 11.8 Å². The molecule has 0 saturated heterocycles. The summed E-state index contributed by atoms with van der Waals surface area (Å²) in [7, 11) is 1.57. The summed E-state index contributed by atoms with van der Waals surface area (Å²) in [5.74, 6) is 0.0931. The molecule has 3 aromatic carbocycles. The number of carbonyl (C=O) groups is 2. The van der Waals surface area contributed by atoms with Crippen molar-refractivity contribution in [1.82, 2.24) is 0 Å². The van der Waals surface area contributed by atoms with Gasteiger partial charge in [0, 0.05) is 28.6 Å². The molecule has 0 radical (unpaired) electrons. The van der Waals surface area contributed by atoms with E-state index in [2.05, 4.69) is 17.6 Å². The average molecular weight is 374 g/mol. The van der Waals surface area contributed by atoms with Gasteiger partial charge in [-0.1, -0.05) is 31.2 Å². The molecular weight excluding hydrogens is 352 g/mol. The molecule has 0 spiro atoms. The molecule has 0 saturated carbocycles. The van der Waals surface area contributed by atoms with Crippen molar-refractivity contribution in [2.45, 2.75) is 13.3 Å². The second kappa shape index (κ2) is 8.86. The smallest absolute Gasteiger partial charge is 0.255 e. The van der Waals surface area contributed by atoms with Gasteiger partial charge in [-0.15, -0.1) is 0 Å². The fraction of sp³-hybridized carbons (Fsp3) is 0.130. The van der Waals surface area contributed by atoms with Crippen LogP contribution in [0.2, 0.25) is 0 Å². The van der Waals surface area contributed by atoms with E-state index < -0.39 is 0 Å². The molecule has 5 nitrogen and oxygen atoms in total. The van der Waals surface area contributed by atoms with Crippen LogP contribution in [-0.4, -0.2) is 18.9 Å². The van der Waals surface area contributed by atoms with Crippen LogP contribution in [0.5, 0.6) is 5.75 Å². The van der Waals surface area contributed by atoms with Gasteiger partial charge in [0.1, 0.15) is 5.75 Å². The van der Waals surface area contributed by atoms with Crippen molar-refractivity contribution >= 4 is 23.2 Å². The molecule has 2 N–H and O–H groups in total. The summed E-state index contributed by atoms with van der Waals surface area (Å²) in [6, 6.07) is 21.4. The molecule has 0 fully saturated rings. The summed E-state index contributed by atoms with van der Waals surface area (Å²) >= 11 is 0.